The number of carbonyl (C=O) groups excluding carboxylic acids is 1. The Kier molecular flexibility index (Phi) is 22.0. The predicted octanol–water partition coefficient (Wildman–Crippen LogP) is 6.70. The van der Waals surface area contributed by atoms with Crippen molar-refractivity contribution in [3.05, 3.63) is 0 Å². The highest BCUT2D eigenvalue weighted by molar-refractivity contribution is 7.47. The normalized spacial score (nSPS) is 14.2. The summed E-state index contributed by atoms with van der Waals surface area (Å²) in [5.74, 6) is -0.367. The van der Waals surface area contributed by atoms with Gasteiger partial charge in [-0.1, -0.05) is 104 Å². The number of phosphoric ester groups is 1. The van der Waals surface area contributed by atoms with Gasteiger partial charge < -0.3 is 14.7 Å². The fourth-order valence-electron chi connectivity index (χ4n) is 3.37. The molecule has 192 valence electrons. The van der Waals surface area contributed by atoms with Gasteiger partial charge in [0, 0.05) is 6.42 Å². The molecule has 2 unspecified atom stereocenters. The first-order valence-corrected chi connectivity index (χ1v) is 14.4. The first-order chi connectivity index (χ1) is 15.4. The Hall–Kier alpha value is -0.460. The number of phosphoric acid groups is 1. The Morgan fingerprint density at radius 3 is 1.66 bits per heavy atom. The van der Waals surface area contributed by atoms with Gasteiger partial charge in [0.05, 0.1) is 13.2 Å². The third-order valence-electron chi connectivity index (χ3n) is 5.31. The fraction of sp³-hybridized carbons (Fsp3) is 0.958. The SMILES string of the molecule is CCCCCCCCCCCCCCCCCC(=O)OCC(O)COP(=O)(O)OCCC. The number of hydrogen-bond donors (Lipinski definition) is 2. The van der Waals surface area contributed by atoms with Crippen molar-refractivity contribution >= 4 is 13.8 Å². The number of esters is 1. The molecule has 0 heterocycles. The molecule has 2 N–H and O–H groups in total. The topological polar surface area (TPSA) is 102 Å². The smallest absolute Gasteiger partial charge is 0.463 e. The van der Waals surface area contributed by atoms with Crippen LogP contribution in [0.2, 0.25) is 0 Å². The minimum Gasteiger partial charge on any atom is -0.463 e. The van der Waals surface area contributed by atoms with E-state index in [9.17, 15) is 19.4 Å². The van der Waals surface area contributed by atoms with Crippen LogP contribution in [0.15, 0.2) is 0 Å². The van der Waals surface area contributed by atoms with Gasteiger partial charge in [0.1, 0.15) is 12.7 Å². The van der Waals surface area contributed by atoms with E-state index in [4.69, 9.17) is 4.74 Å². The zero-order valence-electron chi connectivity index (χ0n) is 20.6. The molecular weight excluding hydrogens is 431 g/mol. The summed E-state index contributed by atoms with van der Waals surface area (Å²) in [6, 6.07) is 0. The van der Waals surface area contributed by atoms with Crippen molar-refractivity contribution in [3.63, 3.8) is 0 Å². The predicted molar refractivity (Wildman–Crippen MR) is 129 cm³/mol. The van der Waals surface area contributed by atoms with Gasteiger partial charge in [-0.25, -0.2) is 4.57 Å². The van der Waals surface area contributed by atoms with Crippen LogP contribution < -0.4 is 0 Å². The molecular formula is C24H49O7P. The lowest BCUT2D eigenvalue weighted by Gasteiger charge is -2.15. The van der Waals surface area contributed by atoms with Crippen molar-refractivity contribution in [1.82, 2.24) is 0 Å². The molecule has 0 saturated heterocycles. The van der Waals surface area contributed by atoms with E-state index in [1.807, 2.05) is 0 Å². The molecule has 0 radical (unpaired) electrons. The maximum absolute atomic E-state index is 11.7. The summed E-state index contributed by atoms with van der Waals surface area (Å²) in [7, 11) is -4.16. The first-order valence-electron chi connectivity index (χ1n) is 12.9. The minimum atomic E-state index is -4.16. The Balaban J connectivity index is 3.41. The number of hydrogen-bond acceptors (Lipinski definition) is 6. The van der Waals surface area contributed by atoms with E-state index < -0.39 is 20.5 Å². The molecule has 32 heavy (non-hydrogen) atoms. The summed E-state index contributed by atoms with van der Waals surface area (Å²) in [5.41, 5.74) is 0. The molecule has 0 amide bonds. The molecule has 0 rings (SSSR count). The van der Waals surface area contributed by atoms with Crippen LogP contribution in [-0.2, 0) is 23.1 Å². The summed E-state index contributed by atoms with van der Waals surface area (Å²) in [6.45, 7) is 3.46. The van der Waals surface area contributed by atoms with Gasteiger partial charge in [0.25, 0.3) is 0 Å². The quantitative estimate of drug-likeness (QED) is 0.0900. The summed E-state index contributed by atoms with van der Waals surface area (Å²) >= 11 is 0. The standard InChI is InChI=1S/C24H49O7P/c1-3-5-6-7-8-9-10-11-12-13-14-15-16-17-18-19-24(26)29-21-23(25)22-31-32(27,28)30-20-4-2/h23,25H,3-22H2,1-2H3,(H,27,28). The summed E-state index contributed by atoms with van der Waals surface area (Å²) in [5, 5.41) is 9.70. The highest BCUT2D eigenvalue weighted by atomic mass is 31.2. The molecule has 0 aliphatic carbocycles. The number of aliphatic hydroxyl groups is 1. The maximum atomic E-state index is 11.7. The van der Waals surface area contributed by atoms with Crippen molar-refractivity contribution in [2.24, 2.45) is 0 Å². The number of unbranched alkanes of at least 4 members (excludes halogenated alkanes) is 14. The zero-order valence-corrected chi connectivity index (χ0v) is 21.5. The van der Waals surface area contributed by atoms with E-state index in [2.05, 4.69) is 16.0 Å². The summed E-state index contributed by atoms with van der Waals surface area (Å²) in [4.78, 5) is 21.1. The lowest BCUT2D eigenvalue weighted by molar-refractivity contribution is -0.147. The van der Waals surface area contributed by atoms with Crippen LogP contribution in [0.25, 0.3) is 0 Å². The molecule has 0 aromatic heterocycles. The fourth-order valence-corrected chi connectivity index (χ4v) is 4.22. The van der Waals surface area contributed by atoms with Gasteiger partial charge in [-0.15, -0.1) is 0 Å². The van der Waals surface area contributed by atoms with E-state index in [-0.39, 0.29) is 19.2 Å². The largest absolute Gasteiger partial charge is 0.472 e. The van der Waals surface area contributed by atoms with Crippen LogP contribution in [0.1, 0.15) is 123 Å². The molecule has 0 aliphatic rings. The van der Waals surface area contributed by atoms with Crippen molar-refractivity contribution < 1.29 is 33.1 Å². The van der Waals surface area contributed by atoms with Gasteiger partial charge in [-0.3, -0.25) is 13.8 Å². The molecule has 7 nitrogen and oxygen atoms in total. The van der Waals surface area contributed by atoms with Gasteiger partial charge >= 0.3 is 13.8 Å². The van der Waals surface area contributed by atoms with Gasteiger partial charge in [-0.05, 0) is 12.8 Å². The van der Waals surface area contributed by atoms with E-state index >= 15 is 0 Å². The third kappa shape index (κ3) is 22.7. The number of carbonyl (C=O) groups is 1. The molecule has 0 aliphatic heterocycles. The van der Waals surface area contributed by atoms with Crippen LogP contribution in [0.5, 0.6) is 0 Å². The highest BCUT2D eigenvalue weighted by Gasteiger charge is 2.22. The summed E-state index contributed by atoms with van der Waals surface area (Å²) in [6.07, 6.45) is 18.8. The van der Waals surface area contributed by atoms with Crippen molar-refractivity contribution in [2.75, 3.05) is 19.8 Å². The second kappa shape index (κ2) is 22.3. The van der Waals surface area contributed by atoms with Crippen molar-refractivity contribution in [2.45, 2.75) is 129 Å². The molecule has 0 fully saturated rings. The second-order valence-corrected chi connectivity index (χ2v) is 10.1. The Labute approximate surface area is 196 Å². The summed E-state index contributed by atoms with van der Waals surface area (Å²) < 4.78 is 25.8. The number of rotatable bonds is 24. The molecule has 0 aromatic rings. The lowest BCUT2D eigenvalue weighted by atomic mass is 10.0. The Morgan fingerprint density at radius 2 is 1.19 bits per heavy atom. The van der Waals surface area contributed by atoms with Gasteiger partial charge in [0.15, 0.2) is 0 Å². The van der Waals surface area contributed by atoms with Gasteiger partial charge in [0.2, 0.25) is 0 Å². The van der Waals surface area contributed by atoms with Crippen LogP contribution >= 0.6 is 7.82 Å². The number of aliphatic hydroxyl groups excluding tert-OH is 1. The van der Waals surface area contributed by atoms with Crippen LogP contribution in [-0.4, -0.2) is 41.9 Å². The van der Waals surface area contributed by atoms with Gasteiger partial charge in [-0.2, -0.15) is 0 Å². The van der Waals surface area contributed by atoms with Crippen LogP contribution in [0.3, 0.4) is 0 Å². The number of ether oxygens (including phenoxy) is 1. The minimum absolute atomic E-state index is 0.0954. The first kappa shape index (κ1) is 31.5. The van der Waals surface area contributed by atoms with E-state index in [1.54, 1.807) is 6.92 Å². The second-order valence-electron chi connectivity index (χ2n) is 8.63. The third-order valence-corrected chi connectivity index (χ3v) is 6.29. The van der Waals surface area contributed by atoms with E-state index in [0.717, 1.165) is 19.3 Å². The van der Waals surface area contributed by atoms with Crippen molar-refractivity contribution in [1.29, 1.82) is 0 Å². The van der Waals surface area contributed by atoms with Crippen LogP contribution in [0, 0.1) is 0 Å². The molecule has 0 saturated carbocycles. The monoisotopic (exact) mass is 480 g/mol. The Morgan fingerprint density at radius 1 is 0.719 bits per heavy atom. The van der Waals surface area contributed by atoms with Crippen LogP contribution in [0.4, 0.5) is 0 Å². The molecule has 2 atom stereocenters. The average Bonchev–Trinajstić information content (AvgIpc) is 2.77. The Bertz CT molecular complexity index is 473. The average molecular weight is 481 g/mol. The van der Waals surface area contributed by atoms with Crippen molar-refractivity contribution in [3.8, 4) is 0 Å². The molecule has 0 spiro atoms. The molecule has 8 heteroatoms. The lowest BCUT2D eigenvalue weighted by Crippen LogP contribution is -2.23. The molecule has 0 bridgehead atoms. The zero-order chi connectivity index (χ0) is 23.9. The maximum Gasteiger partial charge on any atom is 0.472 e. The van der Waals surface area contributed by atoms with E-state index in [1.165, 1.54) is 77.0 Å². The highest BCUT2D eigenvalue weighted by Crippen LogP contribution is 2.43. The molecule has 0 aromatic carbocycles. The van der Waals surface area contributed by atoms with E-state index in [0.29, 0.717) is 12.8 Å².